The number of aryl methyl sites for hydroxylation is 2. The van der Waals surface area contributed by atoms with Crippen molar-refractivity contribution in [3.05, 3.63) is 83.3 Å². The van der Waals surface area contributed by atoms with Crippen LogP contribution in [0.5, 0.6) is 0 Å². The molecule has 2 N–H and O–H groups in total. The first-order chi connectivity index (χ1) is 11.1. The van der Waals surface area contributed by atoms with Crippen molar-refractivity contribution >= 4 is 9.84 Å². The number of hydrogen-bond acceptors (Lipinski definition) is 3. The van der Waals surface area contributed by atoms with Crippen LogP contribution in [0.1, 0.15) is 17.5 Å². The van der Waals surface area contributed by atoms with Crippen molar-refractivity contribution in [3.8, 4) is 0 Å². The zero-order chi connectivity index (χ0) is 16.5. The van der Waals surface area contributed by atoms with Crippen molar-refractivity contribution in [2.75, 3.05) is 5.75 Å². The second-order valence-electron chi connectivity index (χ2n) is 5.62. The lowest BCUT2D eigenvalue weighted by Gasteiger charge is -2.07. The third-order valence-corrected chi connectivity index (χ3v) is 5.01. The van der Waals surface area contributed by atoms with Crippen LogP contribution in [0.4, 0.5) is 0 Å². The van der Waals surface area contributed by atoms with Crippen molar-refractivity contribution in [1.29, 1.82) is 0 Å². The van der Waals surface area contributed by atoms with Crippen LogP contribution in [0.15, 0.2) is 72.1 Å². The Labute approximate surface area is 138 Å². The van der Waals surface area contributed by atoms with Gasteiger partial charge in [-0.3, -0.25) is 0 Å². The van der Waals surface area contributed by atoms with Crippen LogP contribution in [0.25, 0.3) is 0 Å². The second kappa shape index (κ2) is 8.65. The van der Waals surface area contributed by atoms with Gasteiger partial charge in [0, 0.05) is 11.4 Å². The van der Waals surface area contributed by atoms with E-state index in [1.165, 1.54) is 11.0 Å². The zero-order valence-corrected chi connectivity index (χ0v) is 14.0. The normalized spacial score (nSPS) is 13.3. The van der Waals surface area contributed by atoms with Gasteiger partial charge in [0.2, 0.25) is 0 Å². The summed E-state index contributed by atoms with van der Waals surface area (Å²) in [6.07, 6.45) is 3.70. The van der Waals surface area contributed by atoms with Crippen LogP contribution >= 0.6 is 0 Å². The lowest BCUT2D eigenvalue weighted by molar-refractivity contribution is 0.603. The fourth-order valence-corrected chi connectivity index (χ4v) is 3.37. The Morgan fingerprint density at radius 2 is 1.39 bits per heavy atom. The summed E-state index contributed by atoms with van der Waals surface area (Å²) in [5, 5.41) is 1.27. The highest BCUT2D eigenvalue weighted by atomic mass is 32.2. The molecule has 0 spiro atoms. The summed E-state index contributed by atoms with van der Waals surface area (Å²) in [4.78, 5) is 0. The van der Waals surface area contributed by atoms with E-state index in [2.05, 4.69) is 0 Å². The van der Waals surface area contributed by atoms with E-state index in [1.54, 1.807) is 6.08 Å². The summed E-state index contributed by atoms with van der Waals surface area (Å²) >= 11 is 0. The molecule has 2 aromatic carbocycles. The quantitative estimate of drug-likeness (QED) is 0.809. The molecule has 0 aliphatic carbocycles. The molecule has 0 heterocycles. The fourth-order valence-electron chi connectivity index (χ4n) is 2.27. The average Bonchev–Trinajstić information content (AvgIpc) is 2.58. The SMILES string of the molecule is N[C@H](/C=C/S(=O)(=O)CCc1ccccc1)CCc1ccccc1. The Kier molecular flexibility index (Phi) is 6.56. The number of benzene rings is 2. The molecule has 0 aliphatic heterocycles. The molecule has 0 fully saturated rings. The molecule has 2 rings (SSSR count). The molecule has 0 bridgehead atoms. The van der Waals surface area contributed by atoms with Gasteiger partial charge >= 0.3 is 0 Å². The zero-order valence-electron chi connectivity index (χ0n) is 13.1. The first kappa shape index (κ1) is 17.4. The van der Waals surface area contributed by atoms with E-state index in [1.807, 2.05) is 60.7 Å². The topological polar surface area (TPSA) is 60.2 Å². The molecule has 0 saturated carbocycles. The van der Waals surface area contributed by atoms with E-state index in [0.717, 1.165) is 18.4 Å². The Morgan fingerprint density at radius 3 is 1.96 bits per heavy atom. The largest absolute Gasteiger partial charge is 0.324 e. The van der Waals surface area contributed by atoms with Crippen LogP contribution in [0.2, 0.25) is 0 Å². The number of nitrogens with two attached hydrogens (primary N) is 1. The van der Waals surface area contributed by atoms with Crippen molar-refractivity contribution in [3.63, 3.8) is 0 Å². The smallest absolute Gasteiger partial charge is 0.171 e. The first-order valence-corrected chi connectivity index (χ1v) is 9.51. The summed E-state index contributed by atoms with van der Waals surface area (Å²) in [5.74, 6) is 0.110. The maximum atomic E-state index is 12.0. The van der Waals surface area contributed by atoms with E-state index in [-0.39, 0.29) is 11.8 Å². The van der Waals surface area contributed by atoms with Crippen molar-refractivity contribution in [2.24, 2.45) is 5.73 Å². The van der Waals surface area contributed by atoms with Crippen molar-refractivity contribution in [2.45, 2.75) is 25.3 Å². The van der Waals surface area contributed by atoms with Crippen LogP contribution in [0, 0.1) is 0 Å². The van der Waals surface area contributed by atoms with Gasteiger partial charge in [0.25, 0.3) is 0 Å². The van der Waals surface area contributed by atoms with Crippen LogP contribution < -0.4 is 5.73 Å². The Balaban J connectivity index is 1.80. The maximum Gasteiger partial charge on any atom is 0.171 e. The number of rotatable bonds is 8. The molecule has 2 aromatic rings. The molecule has 1 atom stereocenters. The summed E-state index contributed by atoms with van der Waals surface area (Å²) in [5.41, 5.74) is 8.22. The van der Waals surface area contributed by atoms with Gasteiger partial charge in [-0.05, 0) is 30.4 Å². The van der Waals surface area contributed by atoms with Crippen molar-refractivity contribution in [1.82, 2.24) is 0 Å². The molecule has 0 saturated heterocycles. The molecule has 0 radical (unpaired) electrons. The number of sulfone groups is 1. The lowest BCUT2D eigenvalue weighted by Crippen LogP contribution is -2.18. The Bertz CT molecular complexity index is 710. The van der Waals surface area contributed by atoms with E-state index in [4.69, 9.17) is 5.73 Å². The van der Waals surface area contributed by atoms with Gasteiger partial charge < -0.3 is 5.73 Å². The van der Waals surface area contributed by atoms with E-state index in [9.17, 15) is 8.42 Å². The van der Waals surface area contributed by atoms with Gasteiger partial charge in [-0.1, -0.05) is 66.7 Å². The van der Waals surface area contributed by atoms with Gasteiger partial charge in [-0.15, -0.1) is 0 Å². The van der Waals surface area contributed by atoms with Gasteiger partial charge in [0.15, 0.2) is 9.84 Å². The highest BCUT2D eigenvalue weighted by Gasteiger charge is 2.08. The van der Waals surface area contributed by atoms with E-state index < -0.39 is 9.84 Å². The number of hydrogen-bond donors (Lipinski definition) is 1. The van der Waals surface area contributed by atoms with Crippen LogP contribution in [0.3, 0.4) is 0 Å². The molecule has 0 aromatic heterocycles. The third-order valence-electron chi connectivity index (χ3n) is 3.66. The minimum Gasteiger partial charge on any atom is -0.324 e. The van der Waals surface area contributed by atoms with Gasteiger partial charge in [-0.25, -0.2) is 8.42 Å². The van der Waals surface area contributed by atoms with Gasteiger partial charge in [0.1, 0.15) is 0 Å². The molecule has 4 heteroatoms. The highest BCUT2D eigenvalue weighted by molar-refractivity contribution is 7.94. The molecular formula is C19H23NO2S. The van der Waals surface area contributed by atoms with E-state index in [0.29, 0.717) is 6.42 Å². The predicted molar refractivity (Wildman–Crippen MR) is 95.8 cm³/mol. The van der Waals surface area contributed by atoms with E-state index >= 15 is 0 Å². The van der Waals surface area contributed by atoms with Gasteiger partial charge in [-0.2, -0.15) is 0 Å². The predicted octanol–water partition coefficient (Wildman–Crippen LogP) is 3.12. The third kappa shape index (κ3) is 6.80. The minimum absolute atomic E-state index is 0.110. The highest BCUT2D eigenvalue weighted by Crippen LogP contribution is 2.07. The molecular weight excluding hydrogens is 306 g/mol. The lowest BCUT2D eigenvalue weighted by atomic mass is 10.1. The monoisotopic (exact) mass is 329 g/mol. The van der Waals surface area contributed by atoms with Crippen LogP contribution in [-0.2, 0) is 22.7 Å². The molecule has 23 heavy (non-hydrogen) atoms. The Hall–Kier alpha value is -1.91. The summed E-state index contributed by atoms with van der Waals surface area (Å²) in [6, 6.07) is 19.4. The molecule has 0 unspecified atom stereocenters. The first-order valence-electron chi connectivity index (χ1n) is 7.79. The molecule has 0 amide bonds. The van der Waals surface area contributed by atoms with Gasteiger partial charge in [0.05, 0.1) is 5.75 Å². The maximum absolute atomic E-state index is 12.0. The molecule has 0 aliphatic rings. The summed E-state index contributed by atoms with van der Waals surface area (Å²) in [6.45, 7) is 0. The fraction of sp³-hybridized carbons (Fsp3) is 0.263. The summed E-state index contributed by atoms with van der Waals surface area (Å²) < 4.78 is 24.1. The minimum atomic E-state index is -3.22. The Morgan fingerprint density at radius 1 is 0.870 bits per heavy atom. The average molecular weight is 329 g/mol. The summed E-state index contributed by atoms with van der Waals surface area (Å²) in [7, 11) is -3.22. The molecule has 3 nitrogen and oxygen atoms in total. The van der Waals surface area contributed by atoms with Crippen LogP contribution in [-0.4, -0.2) is 20.2 Å². The molecule has 122 valence electrons. The van der Waals surface area contributed by atoms with Crippen molar-refractivity contribution < 1.29 is 8.42 Å². The second-order valence-corrected chi connectivity index (χ2v) is 7.63. The standard InChI is InChI=1S/C19H23NO2S/c20-19(12-11-17-7-3-1-4-8-17)14-16-23(21,22)15-13-18-9-5-2-6-10-18/h1-10,14,16,19H,11-13,15,20H2/b16-14+/t19-/m0/s1.